The largest absolute Gasteiger partial charge is 0.481 e. The number of amides is 1. The fourth-order valence-electron chi connectivity index (χ4n) is 2.43. The molecule has 0 spiro atoms. The molecule has 0 atom stereocenters. The first kappa shape index (κ1) is 18.9. The predicted octanol–water partition coefficient (Wildman–Crippen LogP) is 3.65. The summed E-state index contributed by atoms with van der Waals surface area (Å²) in [7, 11) is 0. The van der Waals surface area contributed by atoms with Crippen molar-refractivity contribution >= 4 is 35.1 Å². The number of rotatable bonds is 6. The molecule has 1 amide bonds. The molecular weight excluding hydrogens is 391 g/mol. The number of aliphatic carboxylic acids is 1. The lowest BCUT2D eigenvalue weighted by atomic mass is 10.1. The number of carboxylic acid groups (broad SMARTS) is 1. The molecule has 0 aliphatic rings. The first-order valence-corrected chi connectivity index (χ1v) is 8.67. The van der Waals surface area contributed by atoms with E-state index in [1.165, 1.54) is 0 Å². The molecule has 0 aliphatic heterocycles. The molecule has 138 valence electrons. The normalized spacial score (nSPS) is 10.6. The van der Waals surface area contributed by atoms with Gasteiger partial charge in [-0.25, -0.2) is 4.98 Å². The molecule has 3 aromatic rings. The van der Waals surface area contributed by atoms with Crippen molar-refractivity contribution in [3.05, 3.63) is 58.6 Å². The van der Waals surface area contributed by atoms with Crippen LogP contribution in [0.5, 0.6) is 0 Å². The number of benzene rings is 1. The van der Waals surface area contributed by atoms with Gasteiger partial charge in [0.25, 0.3) is 5.91 Å². The Kier molecular flexibility index (Phi) is 5.73. The van der Waals surface area contributed by atoms with E-state index in [1.807, 2.05) is 0 Å². The molecule has 0 bridgehead atoms. The summed E-state index contributed by atoms with van der Waals surface area (Å²) >= 11 is 12.1. The highest BCUT2D eigenvalue weighted by molar-refractivity contribution is 6.42. The average molecular weight is 405 g/mol. The Morgan fingerprint density at radius 3 is 2.48 bits per heavy atom. The Bertz CT molecular complexity index is 990. The summed E-state index contributed by atoms with van der Waals surface area (Å²) in [6.45, 7) is 0.00155. The Hall–Kier alpha value is -2.90. The summed E-state index contributed by atoms with van der Waals surface area (Å²) < 4.78 is 0. The van der Waals surface area contributed by atoms with Crippen LogP contribution in [0, 0.1) is 0 Å². The molecule has 0 aliphatic carbocycles. The lowest BCUT2D eigenvalue weighted by Crippen LogP contribution is -2.26. The SMILES string of the molecule is O=C(O)CCNC(=O)c1nc(-c2ccncc2)c(-c2ccc(Cl)c(Cl)c2)[nH]1. The molecular formula is C18H14Cl2N4O3. The fraction of sp³-hybridized carbons (Fsp3) is 0.111. The Morgan fingerprint density at radius 1 is 1.07 bits per heavy atom. The van der Waals surface area contributed by atoms with Crippen molar-refractivity contribution in [2.45, 2.75) is 6.42 Å². The van der Waals surface area contributed by atoms with Crippen molar-refractivity contribution in [3.63, 3.8) is 0 Å². The van der Waals surface area contributed by atoms with Gasteiger partial charge in [0.05, 0.1) is 27.9 Å². The number of carbonyl (C=O) groups excluding carboxylic acids is 1. The smallest absolute Gasteiger partial charge is 0.305 e. The van der Waals surface area contributed by atoms with Gasteiger partial charge in [-0.05, 0) is 24.3 Å². The van der Waals surface area contributed by atoms with E-state index < -0.39 is 11.9 Å². The number of carbonyl (C=O) groups is 2. The van der Waals surface area contributed by atoms with Crippen molar-refractivity contribution in [1.82, 2.24) is 20.3 Å². The zero-order valence-electron chi connectivity index (χ0n) is 13.9. The van der Waals surface area contributed by atoms with Crippen LogP contribution in [0.15, 0.2) is 42.7 Å². The zero-order chi connectivity index (χ0) is 19.4. The van der Waals surface area contributed by atoms with Crippen LogP contribution in [0.3, 0.4) is 0 Å². The minimum Gasteiger partial charge on any atom is -0.481 e. The molecule has 2 aromatic heterocycles. The molecule has 3 rings (SSSR count). The molecule has 0 unspecified atom stereocenters. The van der Waals surface area contributed by atoms with Gasteiger partial charge in [0.2, 0.25) is 0 Å². The van der Waals surface area contributed by atoms with Crippen molar-refractivity contribution in [3.8, 4) is 22.5 Å². The van der Waals surface area contributed by atoms with E-state index in [4.69, 9.17) is 28.3 Å². The summed E-state index contributed by atoms with van der Waals surface area (Å²) in [4.78, 5) is 34.3. The van der Waals surface area contributed by atoms with Gasteiger partial charge in [0.1, 0.15) is 0 Å². The monoisotopic (exact) mass is 404 g/mol. The predicted molar refractivity (Wildman–Crippen MR) is 102 cm³/mol. The van der Waals surface area contributed by atoms with Crippen molar-refractivity contribution in [2.24, 2.45) is 0 Å². The van der Waals surface area contributed by atoms with E-state index in [0.717, 1.165) is 5.56 Å². The van der Waals surface area contributed by atoms with E-state index in [2.05, 4.69) is 20.3 Å². The number of aromatic nitrogens is 3. The van der Waals surface area contributed by atoms with Gasteiger partial charge >= 0.3 is 5.97 Å². The number of nitrogens with zero attached hydrogens (tertiary/aromatic N) is 2. The average Bonchev–Trinajstić information content (AvgIpc) is 3.10. The number of imidazole rings is 1. The minimum absolute atomic E-state index is 0.00155. The van der Waals surface area contributed by atoms with Gasteiger partial charge in [0.15, 0.2) is 5.82 Å². The topological polar surface area (TPSA) is 108 Å². The van der Waals surface area contributed by atoms with Crippen LogP contribution in [0.25, 0.3) is 22.5 Å². The van der Waals surface area contributed by atoms with Gasteiger partial charge < -0.3 is 15.4 Å². The molecule has 9 heteroatoms. The van der Waals surface area contributed by atoms with Crippen molar-refractivity contribution in [2.75, 3.05) is 6.54 Å². The number of halogens is 2. The van der Waals surface area contributed by atoms with Gasteiger partial charge in [-0.3, -0.25) is 14.6 Å². The summed E-state index contributed by atoms with van der Waals surface area (Å²) in [5.41, 5.74) is 2.59. The van der Waals surface area contributed by atoms with Crippen LogP contribution in [0.2, 0.25) is 10.0 Å². The molecule has 3 N–H and O–H groups in total. The van der Waals surface area contributed by atoms with E-state index in [9.17, 15) is 9.59 Å². The maximum atomic E-state index is 12.3. The lowest BCUT2D eigenvalue weighted by molar-refractivity contribution is -0.136. The molecule has 0 fully saturated rings. The number of carboxylic acids is 1. The van der Waals surface area contributed by atoms with E-state index >= 15 is 0 Å². The molecule has 27 heavy (non-hydrogen) atoms. The number of H-pyrrole nitrogens is 1. The highest BCUT2D eigenvalue weighted by Gasteiger charge is 2.19. The zero-order valence-corrected chi connectivity index (χ0v) is 15.4. The number of hydrogen-bond donors (Lipinski definition) is 3. The summed E-state index contributed by atoms with van der Waals surface area (Å²) in [6, 6.07) is 8.63. The van der Waals surface area contributed by atoms with Crippen LogP contribution in [0.1, 0.15) is 17.0 Å². The highest BCUT2D eigenvalue weighted by Crippen LogP contribution is 2.33. The summed E-state index contributed by atoms with van der Waals surface area (Å²) in [5.74, 6) is -1.44. The number of aromatic amines is 1. The molecule has 0 radical (unpaired) electrons. The van der Waals surface area contributed by atoms with Crippen LogP contribution in [-0.2, 0) is 4.79 Å². The number of pyridine rings is 1. The van der Waals surface area contributed by atoms with Gasteiger partial charge in [-0.15, -0.1) is 0 Å². The molecule has 1 aromatic carbocycles. The highest BCUT2D eigenvalue weighted by atomic mass is 35.5. The Balaban J connectivity index is 2.00. The second-order valence-electron chi connectivity index (χ2n) is 5.57. The second kappa shape index (κ2) is 8.20. The standard InChI is InChI=1S/C18H14Cl2N4O3/c19-12-2-1-11(9-13(12)20)16-15(10-3-6-21-7-4-10)23-17(24-16)18(27)22-8-5-14(25)26/h1-4,6-7,9H,5,8H2,(H,22,27)(H,23,24)(H,25,26). The van der Waals surface area contributed by atoms with Gasteiger partial charge in [0, 0.05) is 30.1 Å². The molecule has 7 nitrogen and oxygen atoms in total. The summed E-state index contributed by atoms with van der Waals surface area (Å²) in [6.07, 6.45) is 3.06. The third kappa shape index (κ3) is 4.45. The third-order valence-corrected chi connectivity index (χ3v) is 4.44. The quantitative estimate of drug-likeness (QED) is 0.580. The minimum atomic E-state index is -0.997. The van der Waals surface area contributed by atoms with Crippen molar-refractivity contribution < 1.29 is 14.7 Å². The van der Waals surface area contributed by atoms with E-state index in [-0.39, 0.29) is 18.8 Å². The van der Waals surface area contributed by atoms with Crippen molar-refractivity contribution in [1.29, 1.82) is 0 Å². The van der Waals surface area contributed by atoms with E-state index in [0.29, 0.717) is 27.0 Å². The second-order valence-corrected chi connectivity index (χ2v) is 6.39. The number of hydrogen-bond acceptors (Lipinski definition) is 4. The molecule has 2 heterocycles. The van der Waals surface area contributed by atoms with Crippen LogP contribution < -0.4 is 5.32 Å². The van der Waals surface area contributed by atoms with Gasteiger partial charge in [-0.2, -0.15) is 0 Å². The lowest BCUT2D eigenvalue weighted by Gasteiger charge is -2.04. The molecule has 0 saturated heterocycles. The number of nitrogens with one attached hydrogen (secondary N) is 2. The summed E-state index contributed by atoms with van der Waals surface area (Å²) in [5, 5.41) is 12.0. The van der Waals surface area contributed by atoms with Gasteiger partial charge in [-0.1, -0.05) is 29.3 Å². The first-order chi connectivity index (χ1) is 13.0. The fourth-order valence-corrected chi connectivity index (χ4v) is 2.72. The third-order valence-electron chi connectivity index (χ3n) is 3.71. The maximum absolute atomic E-state index is 12.3. The Morgan fingerprint density at radius 2 is 1.81 bits per heavy atom. The van der Waals surface area contributed by atoms with Crippen LogP contribution >= 0.6 is 23.2 Å². The van der Waals surface area contributed by atoms with E-state index in [1.54, 1.807) is 42.7 Å². The first-order valence-electron chi connectivity index (χ1n) is 7.91. The van der Waals surface area contributed by atoms with Crippen LogP contribution in [0.4, 0.5) is 0 Å². The molecule has 0 saturated carbocycles. The maximum Gasteiger partial charge on any atom is 0.305 e. The Labute approximate surface area is 164 Å². The van der Waals surface area contributed by atoms with Crippen LogP contribution in [-0.4, -0.2) is 38.5 Å².